The minimum atomic E-state index is -0.137. The molecule has 1 unspecified atom stereocenters. The molecule has 1 rings (SSSR count). The first-order chi connectivity index (χ1) is 7.00. The van der Waals surface area contributed by atoms with Crippen LogP contribution in [0.3, 0.4) is 0 Å². The number of hydrogen-bond donors (Lipinski definition) is 0. The van der Waals surface area contributed by atoms with Gasteiger partial charge in [0.05, 0.1) is 0 Å². The van der Waals surface area contributed by atoms with E-state index < -0.39 is 0 Å². The first kappa shape index (κ1) is 13.1. The van der Waals surface area contributed by atoms with E-state index in [9.17, 15) is 4.79 Å². The summed E-state index contributed by atoms with van der Waals surface area (Å²) in [6.07, 6.45) is 7.23. The third kappa shape index (κ3) is 5.05. The molecular formula is C13H24OS. The number of carbonyl (C=O) groups is 1. The lowest BCUT2D eigenvalue weighted by atomic mass is 9.88. The van der Waals surface area contributed by atoms with Crippen molar-refractivity contribution in [3.05, 3.63) is 0 Å². The molecule has 0 aliphatic carbocycles. The fourth-order valence-corrected chi connectivity index (χ4v) is 3.24. The topological polar surface area (TPSA) is 17.1 Å². The van der Waals surface area contributed by atoms with Gasteiger partial charge in [-0.2, -0.15) is 11.8 Å². The van der Waals surface area contributed by atoms with Gasteiger partial charge < -0.3 is 0 Å². The van der Waals surface area contributed by atoms with Gasteiger partial charge in [0.2, 0.25) is 0 Å². The Hall–Kier alpha value is 0.0200. The van der Waals surface area contributed by atoms with Crippen molar-refractivity contribution >= 4 is 17.5 Å². The van der Waals surface area contributed by atoms with Crippen molar-refractivity contribution in [1.29, 1.82) is 0 Å². The monoisotopic (exact) mass is 228 g/mol. The molecule has 0 spiro atoms. The minimum absolute atomic E-state index is 0.137. The van der Waals surface area contributed by atoms with Gasteiger partial charge >= 0.3 is 0 Å². The Bertz CT molecular complexity index is 199. The summed E-state index contributed by atoms with van der Waals surface area (Å²) < 4.78 is 0. The zero-order valence-corrected chi connectivity index (χ0v) is 11.2. The van der Waals surface area contributed by atoms with Crippen molar-refractivity contribution in [2.75, 3.05) is 5.75 Å². The van der Waals surface area contributed by atoms with Crippen LogP contribution in [0.5, 0.6) is 0 Å². The molecule has 1 fully saturated rings. The van der Waals surface area contributed by atoms with E-state index in [1.165, 1.54) is 31.4 Å². The SMILES string of the molecule is CC(C)(C)C(=O)CCCCC1CCCS1. The zero-order valence-electron chi connectivity index (χ0n) is 10.3. The average Bonchev–Trinajstić information content (AvgIpc) is 2.63. The molecule has 1 atom stereocenters. The van der Waals surface area contributed by atoms with E-state index >= 15 is 0 Å². The van der Waals surface area contributed by atoms with Crippen molar-refractivity contribution in [2.24, 2.45) is 5.41 Å². The van der Waals surface area contributed by atoms with Crippen molar-refractivity contribution in [2.45, 2.75) is 64.5 Å². The Morgan fingerprint density at radius 1 is 1.33 bits per heavy atom. The van der Waals surface area contributed by atoms with Crippen molar-refractivity contribution in [3.63, 3.8) is 0 Å². The highest BCUT2D eigenvalue weighted by atomic mass is 32.2. The lowest BCUT2D eigenvalue weighted by molar-refractivity contribution is -0.126. The highest BCUT2D eigenvalue weighted by Crippen LogP contribution is 2.30. The van der Waals surface area contributed by atoms with Crippen molar-refractivity contribution in [3.8, 4) is 0 Å². The van der Waals surface area contributed by atoms with Crippen LogP contribution in [0.2, 0.25) is 0 Å². The molecule has 0 amide bonds. The van der Waals surface area contributed by atoms with Crippen LogP contribution in [-0.2, 0) is 4.79 Å². The predicted octanol–water partition coefficient (Wildman–Crippen LogP) is 4.06. The van der Waals surface area contributed by atoms with Crippen molar-refractivity contribution in [1.82, 2.24) is 0 Å². The predicted molar refractivity (Wildman–Crippen MR) is 68.4 cm³/mol. The summed E-state index contributed by atoms with van der Waals surface area (Å²) in [4.78, 5) is 11.7. The summed E-state index contributed by atoms with van der Waals surface area (Å²) >= 11 is 2.12. The quantitative estimate of drug-likeness (QED) is 0.660. The number of carbonyl (C=O) groups excluding carboxylic acids is 1. The number of rotatable bonds is 5. The Morgan fingerprint density at radius 2 is 2.07 bits per heavy atom. The first-order valence-corrected chi connectivity index (χ1v) is 7.20. The van der Waals surface area contributed by atoms with E-state index in [1.54, 1.807) is 0 Å². The average molecular weight is 228 g/mol. The number of ketones is 1. The van der Waals surface area contributed by atoms with Gasteiger partial charge in [0.25, 0.3) is 0 Å². The molecule has 1 heterocycles. The number of hydrogen-bond acceptors (Lipinski definition) is 2. The maximum Gasteiger partial charge on any atom is 0.138 e. The lowest BCUT2D eigenvalue weighted by Crippen LogP contribution is -2.19. The summed E-state index contributed by atoms with van der Waals surface area (Å²) in [6, 6.07) is 0. The summed E-state index contributed by atoms with van der Waals surface area (Å²) in [5.74, 6) is 1.77. The molecular weight excluding hydrogens is 204 g/mol. The molecule has 0 bridgehead atoms. The number of thioether (sulfide) groups is 1. The maximum absolute atomic E-state index is 11.7. The second kappa shape index (κ2) is 5.93. The van der Waals surface area contributed by atoms with Gasteiger partial charge in [0, 0.05) is 17.1 Å². The third-order valence-electron chi connectivity index (χ3n) is 3.04. The summed E-state index contributed by atoms with van der Waals surface area (Å²) in [5.41, 5.74) is -0.137. The minimum Gasteiger partial charge on any atom is -0.299 e. The normalized spacial score (nSPS) is 21.9. The van der Waals surface area contributed by atoms with E-state index in [4.69, 9.17) is 0 Å². The van der Waals surface area contributed by atoms with E-state index in [0.717, 1.165) is 18.1 Å². The molecule has 0 aromatic heterocycles. The van der Waals surface area contributed by atoms with Crippen LogP contribution in [0.15, 0.2) is 0 Å². The molecule has 15 heavy (non-hydrogen) atoms. The summed E-state index contributed by atoms with van der Waals surface area (Å²) in [7, 11) is 0. The standard InChI is InChI=1S/C13H24OS/c1-13(2,3)12(14)9-5-4-7-11-8-6-10-15-11/h11H,4-10H2,1-3H3. The van der Waals surface area contributed by atoms with Gasteiger partial charge in [-0.1, -0.05) is 27.2 Å². The van der Waals surface area contributed by atoms with Crippen LogP contribution >= 0.6 is 11.8 Å². The maximum atomic E-state index is 11.7. The van der Waals surface area contributed by atoms with Crippen LogP contribution in [-0.4, -0.2) is 16.8 Å². The number of unbranched alkanes of at least 4 members (excludes halogenated alkanes) is 1. The van der Waals surface area contributed by atoms with E-state index in [-0.39, 0.29) is 5.41 Å². The smallest absolute Gasteiger partial charge is 0.138 e. The van der Waals surface area contributed by atoms with Gasteiger partial charge in [-0.3, -0.25) is 4.79 Å². The van der Waals surface area contributed by atoms with Gasteiger partial charge in [-0.15, -0.1) is 0 Å². The second-order valence-electron chi connectivity index (χ2n) is 5.55. The van der Waals surface area contributed by atoms with E-state index in [1.807, 2.05) is 20.8 Å². The van der Waals surface area contributed by atoms with E-state index in [0.29, 0.717) is 5.78 Å². The van der Waals surface area contributed by atoms with Gasteiger partial charge in [-0.05, 0) is 31.4 Å². The van der Waals surface area contributed by atoms with Gasteiger partial charge in [0.1, 0.15) is 5.78 Å². The molecule has 1 aliphatic rings. The summed E-state index contributed by atoms with van der Waals surface area (Å²) in [6.45, 7) is 6.05. The molecule has 1 saturated heterocycles. The molecule has 1 nitrogen and oxygen atoms in total. The zero-order chi connectivity index (χ0) is 11.3. The molecule has 0 aromatic rings. The summed E-state index contributed by atoms with van der Waals surface area (Å²) in [5, 5.41) is 0.898. The Kier molecular flexibility index (Phi) is 5.17. The fraction of sp³-hybridized carbons (Fsp3) is 0.923. The van der Waals surface area contributed by atoms with Gasteiger partial charge in [-0.25, -0.2) is 0 Å². The molecule has 2 heteroatoms. The third-order valence-corrected chi connectivity index (χ3v) is 4.51. The Labute approximate surface area is 98.4 Å². The highest BCUT2D eigenvalue weighted by molar-refractivity contribution is 8.00. The van der Waals surface area contributed by atoms with Crippen LogP contribution in [0.4, 0.5) is 0 Å². The van der Waals surface area contributed by atoms with E-state index in [2.05, 4.69) is 11.8 Å². The van der Waals surface area contributed by atoms with Crippen LogP contribution in [0.1, 0.15) is 59.3 Å². The number of Topliss-reactive ketones (excluding diaryl/α,β-unsaturated/α-hetero) is 1. The lowest BCUT2D eigenvalue weighted by Gasteiger charge is -2.16. The fourth-order valence-electron chi connectivity index (χ4n) is 1.90. The second-order valence-corrected chi connectivity index (χ2v) is 6.96. The largest absolute Gasteiger partial charge is 0.299 e. The molecule has 1 aliphatic heterocycles. The molecule has 0 aromatic carbocycles. The van der Waals surface area contributed by atoms with Crippen LogP contribution in [0, 0.1) is 5.41 Å². The Balaban J connectivity index is 2.03. The molecule has 0 N–H and O–H groups in total. The van der Waals surface area contributed by atoms with Crippen LogP contribution < -0.4 is 0 Å². The molecule has 0 radical (unpaired) electrons. The Morgan fingerprint density at radius 3 is 2.60 bits per heavy atom. The molecule has 88 valence electrons. The molecule has 0 saturated carbocycles. The van der Waals surface area contributed by atoms with Crippen molar-refractivity contribution < 1.29 is 4.79 Å². The first-order valence-electron chi connectivity index (χ1n) is 6.15. The van der Waals surface area contributed by atoms with Crippen LogP contribution in [0.25, 0.3) is 0 Å². The highest BCUT2D eigenvalue weighted by Gasteiger charge is 2.20. The van der Waals surface area contributed by atoms with Gasteiger partial charge in [0.15, 0.2) is 0 Å².